The van der Waals surface area contributed by atoms with Gasteiger partial charge >= 0.3 is 0 Å². The van der Waals surface area contributed by atoms with Gasteiger partial charge in [-0.05, 0) is 36.4 Å². The summed E-state index contributed by atoms with van der Waals surface area (Å²) < 4.78 is 16.1. The van der Waals surface area contributed by atoms with Gasteiger partial charge in [0.1, 0.15) is 19.0 Å². The highest BCUT2D eigenvalue weighted by Crippen LogP contribution is 2.32. The SMILES string of the molecule is COc1ccc(NC(=O)C[NH+](C)CC(=O)Nc2ccc3c(c2)OCCO3)cc1. The van der Waals surface area contributed by atoms with E-state index in [1.165, 1.54) is 0 Å². The molecule has 0 aliphatic carbocycles. The van der Waals surface area contributed by atoms with Crippen molar-refractivity contribution in [1.29, 1.82) is 0 Å². The van der Waals surface area contributed by atoms with E-state index in [-0.39, 0.29) is 24.9 Å². The molecule has 2 amide bonds. The fraction of sp³-hybridized carbons (Fsp3) is 0.300. The van der Waals surface area contributed by atoms with Gasteiger partial charge in [0.15, 0.2) is 24.6 Å². The summed E-state index contributed by atoms with van der Waals surface area (Å²) in [6, 6.07) is 12.3. The molecule has 1 atom stereocenters. The second kappa shape index (κ2) is 9.09. The maximum Gasteiger partial charge on any atom is 0.279 e. The molecular weight excluding hydrogens is 362 g/mol. The van der Waals surface area contributed by atoms with Gasteiger partial charge in [0.05, 0.1) is 14.2 Å². The van der Waals surface area contributed by atoms with Crippen LogP contribution in [0.5, 0.6) is 17.2 Å². The molecule has 3 N–H and O–H groups in total. The van der Waals surface area contributed by atoms with E-state index < -0.39 is 0 Å². The minimum absolute atomic E-state index is 0.157. The molecule has 0 fully saturated rings. The molecule has 0 aromatic heterocycles. The van der Waals surface area contributed by atoms with Crippen molar-refractivity contribution in [3.8, 4) is 17.2 Å². The average Bonchev–Trinajstić information content (AvgIpc) is 2.68. The van der Waals surface area contributed by atoms with E-state index in [0.29, 0.717) is 36.1 Å². The molecule has 8 nitrogen and oxygen atoms in total. The molecule has 2 aromatic rings. The molecule has 8 heteroatoms. The predicted molar refractivity (Wildman–Crippen MR) is 104 cm³/mol. The number of anilines is 2. The Labute approximate surface area is 163 Å². The lowest BCUT2D eigenvalue weighted by molar-refractivity contribution is -0.862. The Hall–Kier alpha value is -3.26. The third-order valence-electron chi connectivity index (χ3n) is 4.12. The zero-order chi connectivity index (χ0) is 19.9. The number of carbonyl (C=O) groups is 2. The first-order valence-electron chi connectivity index (χ1n) is 8.98. The van der Waals surface area contributed by atoms with Gasteiger partial charge in [-0.15, -0.1) is 0 Å². The Morgan fingerprint density at radius 2 is 1.50 bits per heavy atom. The number of amides is 2. The number of nitrogens with one attached hydrogen (secondary N) is 3. The molecular formula is C20H24N3O5+. The second-order valence-corrected chi connectivity index (χ2v) is 6.49. The van der Waals surface area contributed by atoms with Gasteiger partial charge in [0, 0.05) is 17.4 Å². The Morgan fingerprint density at radius 3 is 2.14 bits per heavy atom. The molecule has 28 heavy (non-hydrogen) atoms. The summed E-state index contributed by atoms with van der Waals surface area (Å²) in [6.07, 6.45) is 0. The maximum atomic E-state index is 12.3. The van der Waals surface area contributed by atoms with Crippen molar-refractivity contribution in [2.45, 2.75) is 0 Å². The molecule has 1 aliphatic heterocycles. The number of benzene rings is 2. The van der Waals surface area contributed by atoms with E-state index in [1.54, 1.807) is 56.6 Å². The van der Waals surface area contributed by atoms with Crippen LogP contribution in [0.2, 0.25) is 0 Å². The Bertz CT molecular complexity index is 838. The number of ether oxygens (including phenoxy) is 3. The number of likely N-dealkylation sites (N-methyl/N-ethyl adjacent to an activating group) is 1. The van der Waals surface area contributed by atoms with Gasteiger partial charge in [-0.1, -0.05) is 0 Å². The maximum absolute atomic E-state index is 12.3. The van der Waals surface area contributed by atoms with Crippen molar-refractivity contribution in [1.82, 2.24) is 0 Å². The summed E-state index contributed by atoms with van der Waals surface area (Å²) in [5.74, 6) is 1.64. The van der Waals surface area contributed by atoms with Gasteiger partial charge in [-0.2, -0.15) is 0 Å². The highest BCUT2D eigenvalue weighted by Gasteiger charge is 2.16. The van der Waals surface area contributed by atoms with Crippen LogP contribution in [0.1, 0.15) is 0 Å². The lowest BCUT2D eigenvalue weighted by atomic mass is 10.2. The Balaban J connectivity index is 1.46. The van der Waals surface area contributed by atoms with Crippen LogP contribution in [0.25, 0.3) is 0 Å². The van der Waals surface area contributed by atoms with Crippen molar-refractivity contribution in [3.05, 3.63) is 42.5 Å². The van der Waals surface area contributed by atoms with Gasteiger partial charge in [0.2, 0.25) is 0 Å². The molecule has 1 aliphatic rings. The smallest absolute Gasteiger partial charge is 0.279 e. The first-order valence-corrected chi connectivity index (χ1v) is 8.98. The third-order valence-corrected chi connectivity index (χ3v) is 4.12. The normalized spacial score (nSPS) is 13.4. The van der Waals surface area contributed by atoms with E-state index in [4.69, 9.17) is 14.2 Å². The number of carbonyl (C=O) groups excluding carboxylic acids is 2. The van der Waals surface area contributed by atoms with Crippen molar-refractivity contribution in [2.75, 3.05) is 51.1 Å². The van der Waals surface area contributed by atoms with Gasteiger partial charge in [0.25, 0.3) is 11.8 Å². The first-order chi connectivity index (χ1) is 13.5. The predicted octanol–water partition coefficient (Wildman–Crippen LogP) is 0.558. The van der Waals surface area contributed by atoms with Crippen LogP contribution < -0.4 is 29.7 Å². The largest absolute Gasteiger partial charge is 0.497 e. The summed E-state index contributed by atoms with van der Waals surface area (Å²) in [6.45, 7) is 1.33. The zero-order valence-corrected chi connectivity index (χ0v) is 15.9. The zero-order valence-electron chi connectivity index (χ0n) is 15.9. The number of hydrogen-bond donors (Lipinski definition) is 3. The standard InChI is InChI=1S/C20H23N3O5/c1-23(12-19(24)21-14-3-6-16(26-2)7-4-14)13-20(25)22-15-5-8-17-18(11-15)28-10-9-27-17/h3-8,11H,9-10,12-13H2,1-2H3,(H,21,24)(H,22,25)/p+1. The van der Waals surface area contributed by atoms with Crippen LogP contribution in [-0.4, -0.2) is 52.3 Å². The molecule has 2 aromatic carbocycles. The minimum Gasteiger partial charge on any atom is -0.497 e. The molecule has 0 saturated heterocycles. The fourth-order valence-corrected chi connectivity index (χ4v) is 2.82. The summed E-state index contributed by atoms with van der Waals surface area (Å²) in [4.78, 5) is 25.2. The van der Waals surface area contributed by atoms with Crippen molar-refractivity contribution in [2.24, 2.45) is 0 Å². The van der Waals surface area contributed by atoms with E-state index in [2.05, 4.69) is 10.6 Å². The fourth-order valence-electron chi connectivity index (χ4n) is 2.82. The van der Waals surface area contributed by atoms with Crippen LogP contribution in [0, 0.1) is 0 Å². The van der Waals surface area contributed by atoms with E-state index in [1.807, 2.05) is 0 Å². The van der Waals surface area contributed by atoms with Crippen LogP contribution in [-0.2, 0) is 9.59 Å². The lowest BCUT2D eigenvalue weighted by Crippen LogP contribution is -3.11. The molecule has 1 unspecified atom stereocenters. The number of methoxy groups -OCH3 is 1. The molecule has 0 bridgehead atoms. The van der Waals surface area contributed by atoms with E-state index in [9.17, 15) is 9.59 Å². The van der Waals surface area contributed by atoms with E-state index >= 15 is 0 Å². The van der Waals surface area contributed by atoms with E-state index in [0.717, 1.165) is 10.6 Å². The summed E-state index contributed by atoms with van der Waals surface area (Å²) in [7, 11) is 3.37. The minimum atomic E-state index is -0.188. The van der Waals surface area contributed by atoms with Crippen molar-refractivity contribution < 1.29 is 28.7 Å². The lowest BCUT2D eigenvalue weighted by Gasteiger charge is -2.19. The highest BCUT2D eigenvalue weighted by atomic mass is 16.6. The Morgan fingerprint density at radius 1 is 0.929 bits per heavy atom. The summed E-state index contributed by atoms with van der Waals surface area (Å²) in [5, 5.41) is 5.62. The molecule has 3 rings (SSSR count). The number of quaternary nitrogens is 1. The van der Waals surface area contributed by atoms with Crippen molar-refractivity contribution >= 4 is 23.2 Å². The quantitative estimate of drug-likeness (QED) is 0.647. The van der Waals surface area contributed by atoms with Crippen LogP contribution >= 0.6 is 0 Å². The Kier molecular flexibility index (Phi) is 6.33. The topological polar surface area (TPSA) is 90.3 Å². The van der Waals surface area contributed by atoms with Crippen LogP contribution in [0.3, 0.4) is 0 Å². The van der Waals surface area contributed by atoms with Gasteiger partial charge < -0.3 is 29.7 Å². The number of hydrogen-bond acceptors (Lipinski definition) is 5. The number of fused-ring (bicyclic) bond motifs is 1. The molecule has 0 spiro atoms. The molecule has 0 saturated carbocycles. The second-order valence-electron chi connectivity index (χ2n) is 6.49. The average molecular weight is 386 g/mol. The first kappa shape index (κ1) is 19.5. The summed E-state index contributed by atoms with van der Waals surface area (Å²) >= 11 is 0. The third kappa shape index (κ3) is 5.37. The van der Waals surface area contributed by atoms with Crippen molar-refractivity contribution in [3.63, 3.8) is 0 Å². The number of rotatable bonds is 7. The summed E-state index contributed by atoms with van der Waals surface area (Å²) in [5.41, 5.74) is 1.31. The van der Waals surface area contributed by atoms with Crippen LogP contribution in [0.15, 0.2) is 42.5 Å². The molecule has 0 radical (unpaired) electrons. The monoisotopic (exact) mass is 386 g/mol. The highest BCUT2D eigenvalue weighted by molar-refractivity contribution is 5.93. The molecule has 148 valence electrons. The van der Waals surface area contributed by atoms with Gasteiger partial charge in [-0.3, -0.25) is 9.59 Å². The van der Waals surface area contributed by atoms with Gasteiger partial charge in [-0.25, -0.2) is 0 Å². The molecule has 1 heterocycles. The van der Waals surface area contributed by atoms with Crippen LogP contribution in [0.4, 0.5) is 11.4 Å².